The molecule has 0 nitrogen and oxygen atoms in total. The fourth-order valence-electron chi connectivity index (χ4n) is 0.786. The van der Waals surface area contributed by atoms with Crippen LogP contribution in [0.2, 0.25) is 0 Å². The van der Waals surface area contributed by atoms with Crippen LogP contribution in [0.5, 0.6) is 0 Å². The maximum Gasteiger partial charge on any atom is 0 e. The number of hydrogen-bond donors (Lipinski definition) is 0. The molecule has 0 N–H and O–H groups in total. The molecule has 0 unspecified atom stereocenters. The summed E-state index contributed by atoms with van der Waals surface area (Å²) in [5.41, 5.74) is 0. The van der Waals surface area contributed by atoms with E-state index in [1.807, 2.05) is 0 Å². The van der Waals surface area contributed by atoms with E-state index >= 15 is 0 Å². The van der Waals surface area contributed by atoms with Crippen molar-refractivity contribution in [3.63, 3.8) is 0 Å². The van der Waals surface area contributed by atoms with Crippen LogP contribution < -0.4 is 120 Å². The molecule has 2 aliphatic rings. The molecule has 0 saturated heterocycles. The second-order valence-electron chi connectivity index (χ2n) is 2.18. The van der Waals surface area contributed by atoms with Crippen LogP contribution in [0.3, 0.4) is 0 Å². The Bertz CT molecular complexity index is 157. The van der Waals surface area contributed by atoms with E-state index in [0.717, 1.165) is 12.8 Å². The van der Waals surface area contributed by atoms with E-state index in [9.17, 15) is 0 Å². The summed E-state index contributed by atoms with van der Waals surface area (Å²) in [4.78, 5) is 0. The summed E-state index contributed by atoms with van der Waals surface area (Å²) in [5.74, 6) is 0. The number of allylic oxidation sites excluding steroid dienone is 8. The van der Waals surface area contributed by atoms with E-state index < -0.39 is 0 Å². The monoisotopic (exact) mass is 818 g/mol. The Morgan fingerprint density at radius 2 is 0.625 bits per heavy atom. The van der Waals surface area contributed by atoms with Gasteiger partial charge in [-0.2, -0.15) is 0 Å². The van der Waals surface area contributed by atoms with Crippen molar-refractivity contribution >= 4 is 0 Å². The third-order valence-electron chi connectivity index (χ3n) is 1.31. The van der Waals surface area contributed by atoms with Gasteiger partial charge in [0.2, 0.25) is 0 Å². The summed E-state index contributed by atoms with van der Waals surface area (Å²) in [5, 5.41) is 0. The summed E-state index contributed by atoms with van der Waals surface area (Å²) in [6, 6.07) is 0. The Morgan fingerprint density at radius 3 is 0.688 bits per heavy atom. The van der Waals surface area contributed by atoms with Gasteiger partial charge in [0.15, 0.2) is 0 Å². The maximum absolute atomic E-state index is 2.12. The number of hydrogen-bond acceptors (Lipinski definition) is 0. The first-order valence-corrected chi connectivity index (χ1v) is 3.63. The molecule has 0 saturated carbocycles. The van der Waals surface area contributed by atoms with Gasteiger partial charge in [0, 0.05) is 18.6 Å². The SMILES string of the molecule is C1=CCC=C1.C1=CCC=C1.[I-].[I-].[I-].[I-].[I-].[V]. The zero-order valence-electron chi connectivity index (χ0n) is 8.37. The fourth-order valence-corrected chi connectivity index (χ4v) is 0.786. The first-order valence-electron chi connectivity index (χ1n) is 3.63. The van der Waals surface area contributed by atoms with E-state index in [4.69, 9.17) is 0 Å². The first kappa shape index (κ1) is 36.5. The van der Waals surface area contributed by atoms with Crippen LogP contribution in [0.25, 0.3) is 0 Å². The van der Waals surface area contributed by atoms with Crippen molar-refractivity contribution in [3.05, 3.63) is 48.6 Å². The number of rotatable bonds is 0. The van der Waals surface area contributed by atoms with Gasteiger partial charge in [-0.3, -0.25) is 0 Å². The molecule has 0 aromatic rings. The van der Waals surface area contributed by atoms with Crippen molar-refractivity contribution in [2.75, 3.05) is 0 Å². The Balaban J connectivity index is -0.0000000227. The molecule has 0 spiro atoms. The third kappa shape index (κ3) is 25.9. The van der Waals surface area contributed by atoms with Crippen LogP contribution in [0, 0.1) is 0 Å². The molecule has 0 aromatic carbocycles. The minimum Gasteiger partial charge on any atom is -1.00 e. The quantitative estimate of drug-likeness (QED) is 0.214. The summed E-state index contributed by atoms with van der Waals surface area (Å²) in [6.45, 7) is 0. The second-order valence-corrected chi connectivity index (χ2v) is 2.18. The molecular formula is C10H12I5V-5. The van der Waals surface area contributed by atoms with Gasteiger partial charge in [-0.25, -0.2) is 0 Å². The summed E-state index contributed by atoms with van der Waals surface area (Å²) < 4.78 is 0. The van der Waals surface area contributed by atoms with Crippen LogP contribution in [0.4, 0.5) is 0 Å². The standard InChI is InChI=1S/2C5H6.5HI.V/c2*1-2-4-5-3-1;;;;;;/h2*1-4H,5H2;5*1H;/p-5. The second kappa shape index (κ2) is 30.9. The van der Waals surface area contributed by atoms with E-state index in [0.29, 0.717) is 0 Å². The van der Waals surface area contributed by atoms with Crippen molar-refractivity contribution in [1.82, 2.24) is 0 Å². The van der Waals surface area contributed by atoms with E-state index in [2.05, 4.69) is 48.6 Å². The average Bonchev–Trinajstić information content (AvgIpc) is 2.67. The fraction of sp³-hybridized carbons (Fsp3) is 0.200. The molecule has 6 heteroatoms. The van der Waals surface area contributed by atoms with E-state index in [1.54, 1.807) is 0 Å². The zero-order valence-corrected chi connectivity index (χ0v) is 20.6. The Labute approximate surface area is 196 Å². The topological polar surface area (TPSA) is 0 Å². The van der Waals surface area contributed by atoms with Crippen molar-refractivity contribution in [2.24, 2.45) is 0 Å². The van der Waals surface area contributed by atoms with Crippen molar-refractivity contribution in [1.29, 1.82) is 0 Å². The minimum atomic E-state index is 0. The van der Waals surface area contributed by atoms with Gasteiger partial charge in [0.25, 0.3) is 0 Å². The van der Waals surface area contributed by atoms with Gasteiger partial charge in [0.05, 0.1) is 0 Å². The molecule has 0 amide bonds. The van der Waals surface area contributed by atoms with Gasteiger partial charge in [-0.1, -0.05) is 48.6 Å². The summed E-state index contributed by atoms with van der Waals surface area (Å²) in [7, 11) is 0. The molecule has 2 aliphatic carbocycles. The molecule has 1 radical (unpaired) electrons. The zero-order chi connectivity index (χ0) is 7.07. The molecule has 0 fully saturated rings. The molecular weight excluding hydrogens is 806 g/mol. The predicted molar refractivity (Wildman–Crippen MR) is 45.8 cm³/mol. The van der Waals surface area contributed by atoms with Crippen LogP contribution in [-0.2, 0) is 18.6 Å². The van der Waals surface area contributed by atoms with Gasteiger partial charge >= 0.3 is 0 Å². The molecule has 2 rings (SSSR count). The normalized spacial score (nSPS) is 11.0. The van der Waals surface area contributed by atoms with Crippen LogP contribution in [0.15, 0.2) is 48.6 Å². The molecule has 97 valence electrons. The van der Waals surface area contributed by atoms with Crippen LogP contribution in [-0.4, -0.2) is 0 Å². The maximum atomic E-state index is 2.12. The first-order chi connectivity index (χ1) is 5.00. The molecule has 16 heavy (non-hydrogen) atoms. The number of halogens is 5. The van der Waals surface area contributed by atoms with Gasteiger partial charge in [-0.15, -0.1) is 0 Å². The van der Waals surface area contributed by atoms with Crippen LogP contribution in [0.1, 0.15) is 12.8 Å². The molecule has 0 heterocycles. The minimum absolute atomic E-state index is 0. The van der Waals surface area contributed by atoms with Gasteiger partial charge in [0.1, 0.15) is 0 Å². The van der Waals surface area contributed by atoms with Crippen molar-refractivity contribution < 1.29 is 138 Å². The molecule has 0 bridgehead atoms. The summed E-state index contributed by atoms with van der Waals surface area (Å²) in [6.07, 6.45) is 19.0. The Hall–Kier alpha value is 3.19. The molecule has 0 atom stereocenters. The predicted octanol–water partition coefficient (Wildman–Crippen LogP) is -12.0. The molecule has 0 aromatic heterocycles. The smallest absolute Gasteiger partial charge is 0 e. The Kier molecular flexibility index (Phi) is 70.5. The van der Waals surface area contributed by atoms with E-state index in [1.165, 1.54) is 0 Å². The Morgan fingerprint density at radius 1 is 0.438 bits per heavy atom. The van der Waals surface area contributed by atoms with E-state index in [-0.39, 0.29) is 138 Å². The van der Waals surface area contributed by atoms with Crippen LogP contribution >= 0.6 is 0 Å². The molecule has 0 aliphatic heterocycles. The summed E-state index contributed by atoms with van der Waals surface area (Å²) >= 11 is 0. The van der Waals surface area contributed by atoms with Gasteiger partial charge in [-0.05, 0) is 12.8 Å². The van der Waals surface area contributed by atoms with Gasteiger partial charge < -0.3 is 120 Å². The van der Waals surface area contributed by atoms with Crippen molar-refractivity contribution in [3.8, 4) is 0 Å². The van der Waals surface area contributed by atoms with Crippen molar-refractivity contribution in [2.45, 2.75) is 12.8 Å². The third-order valence-corrected chi connectivity index (χ3v) is 1.31. The largest absolute Gasteiger partial charge is 1.00 e. The average molecular weight is 818 g/mol.